The molecule has 0 aliphatic heterocycles. The Kier molecular flexibility index (Phi) is 9.49. The summed E-state index contributed by atoms with van der Waals surface area (Å²) in [7, 11) is 0. The zero-order valence-electron chi connectivity index (χ0n) is 34.8. The molecule has 0 aliphatic rings. The number of benzene rings is 7. The fraction of sp³-hybridized carbons (Fsp3) is 0. The second-order valence-corrected chi connectivity index (χ2v) is 19.5. The number of rotatable bonds is 8. The van der Waals surface area contributed by atoms with Gasteiger partial charge in [0.05, 0.1) is 19.5 Å². The third kappa shape index (κ3) is 6.48. The van der Waals surface area contributed by atoms with Crippen molar-refractivity contribution < 1.29 is 0 Å². The molecule has 0 spiro atoms. The van der Waals surface area contributed by atoms with E-state index < -0.39 is 0 Å². The van der Waals surface area contributed by atoms with Crippen LogP contribution in [-0.4, -0.2) is 29.9 Å². The Labute approximate surface area is 394 Å². The topological polar surface area (TPSA) is 77.3 Å². The Morgan fingerprint density at radius 3 is 0.682 bits per heavy atom. The molecule has 13 aromatic rings. The Morgan fingerprint density at radius 1 is 0.212 bits per heavy atom. The lowest BCUT2D eigenvalue weighted by Gasteiger charge is -2.21. The average molecular weight is 917 g/mol. The Balaban J connectivity index is 1.08. The molecule has 310 valence electrons. The van der Waals surface area contributed by atoms with Crippen LogP contribution in [0.3, 0.4) is 0 Å². The molecule has 0 saturated heterocycles. The van der Waals surface area contributed by atoms with Crippen molar-refractivity contribution in [3.05, 3.63) is 191 Å². The molecule has 13 rings (SSSR count). The summed E-state index contributed by atoms with van der Waals surface area (Å²) in [5.41, 5.74) is 6.55. The molecule has 0 unspecified atom stereocenters. The molecule has 66 heavy (non-hydrogen) atoms. The number of aromatic nitrogens is 6. The molecule has 0 aliphatic carbocycles. The van der Waals surface area contributed by atoms with Crippen LogP contribution in [0.5, 0.6) is 0 Å². The lowest BCUT2D eigenvalue weighted by Crippen LogP contribution is -2.01. The first-order valence-electron chi connectivity index (χ1n) is 21.4. The largest absolute Gasteiger partial charge is 0.207 e. The summed E-state index contributed by atoms with van der Waals surface area (Å²) in [6.07, 6.45) is 0. The van der Waals surface area contributed by atoms with Crippen LogP contribution in [0.25, 0.3) is 131 Å². The Bertz CT molecular complexity index is 3460. The highest BCUT2D eigenvalue weighted by Crippen LogP contribution is 2.50. The van der Waals surface area contributed by atoms with Gasteiger partial charge in [0, 0.05) is 11.1 Å². The zero-order valence-corrected chi connectivity index (χ0v) is 38.1. The van der Waals surface area contributed by atoms with Gasteiger partial charge in [-0.1, -0.05) is 146 Å². The number of nitrogens with zero attached hydrogens (tertiary/aromatic N) is 6. The van der Waals surface area contributed by atoms with Crippen molar-refractivity contribution in [3.8, 4) is 87.8 Å². The van der Waals surface area contributed by atoms with Crippen LogP contribution in [-0.2, 0) is 0 Å². The molecular formula is C56H32N6S4. The van der Waals surface area contributed by atoms with Crippen LogP contribution in [0.15, 0.2) is 191 Å². The monoisotopic (exact) mass is 916 g/mol. The van der Waals surface area contributed by atoms with Crippen molar-refractivity contribution in [3.63, 3.8) is 0 Å². The van der Waals surface area contributed by atoms with E-state index in [1.165, 1.54) is 0 Å². The van der Waals surface area contributed by atoms with Crippen LogP contribution in [0, 0.1) is 0 Å². The fourth-order valence-corrected chi connectivity index (χ4v) is 11.9. The van der Waals surface area contributed by atoms with Gasteiger partial charge in [-0.3, -0.25) is 0 Å². The van der Waals surface area contributed by atoms with E-state index in [0.717, 1.165) is 96.0 Å². The highest BCUT2D eigenvalue weighted by atomic mass is 32.1. The molecule has 0 radical (unpaired) electrons. The van der Waals surface area contributed by atoms with Crippen molar-refractivity contribution in [2.45, 2.75) is 0 Å². The molecule has 6 heterocycles. The normalized spacial score (nSPS) is 11.6. The number of hydrogen-bond acceptors (Lipinski definition) is 10. The van der Waals surface area contributed by atoms with Crippen molar-refractivity contribution in [2.24, 2.45) is 0 Å². The predicted molar refractivity (Wildman–Crippen MR) is 278 cm³/mol. The highest BCUT2D eigenvalue weighted by molar-refractivity contribution is 7.14. The lowest BCUT2D eigenvalue weighted by molar-refractivity contribution is 1.09. The minimum absolute atomic E-state index is 0.652. The van der Waals surface area contributed by atoms with E-state index in [4.69, 9.17) is 29.9 Å². The van der Waals surface area contributed by atoms with Crippen LogP contribution >= 0.6 is 45.3 Å². The summed E-state index contributed by atoms with van der Waals surface area (Å²) in [6, 6.07) is 60.2. The Morgan fingerprint density at radius 2 is 0.439 bits per heavy atom. The maximum absolute atomic E-state index is 5.24. The summed E-state index contributed by atoms with van der Waals surface area (Å²) in [6.45, 7) is 0. The van der Waals surface area contributed by atoms with Gasteiger partial charge in [-0.25, -0.2) is 29.9 Å². The number of fused-ring (bicyclic) bond motifs is 4. The van der Waals surface area contributed by atoms with E-state index in [2.05, 4.69) is 167 Å². The molecule has 0 amide bonds. The molecule has 6 nitrogen and oxygen atoms in total. The van der Waals surface area contributed by atoms with E-state index in [1.807, 2.05) is 24.3 Å². The second kappa shape index (κ2) is 16.1. The summed E-state index contributed by atoms with van der Waals surface area (Å²) in [5.74, 6) is 3.99. The summed E-state index contributed by atoms with van der Waals surface area (Å²) in [5, 5.41) is 17.0. The highest BCUT2D eigenvalue weighted by Gasteiger charge is 2.25. The third-order valence-electron chi connectivity index (χ3n) is 12.0. The smallest absolute Gasteiger partial charge is 0.174 e. The zero-order chi connectivity index (χ0) is 43.6. The van der Waals surface area contributed by atoms with E-state index in [9.17, 15) is 0 Å². The second-order valence-electron chi connectivity index (χ2n) is 15.7. The van der Waals surface area contributed by atoms with Gasteiger partial charge in [0.1, 0.15) is 0 Å². The summed E-state index contributed by atoms with van der Waals surface area (Å²) in [4.78, 5) is 35.0. The standard InChI is InChI=1S/C56H32N6S4/c1-2-16-34(48-37-19-5-9-23-41(37)50(42-24-10-6-20-38(42)48)56-61-53(45-27-13-31-65-45)58-54(62-56)46-28-14-32-66-46)33(15-1)47-35-17-3-7-21-39(35)49(40-22-8-4-18-36(40)47)55-59-51(43-25-11-29-63-43)57-52(60-55)44-26-12-30-64-44/h1-32H. The van der Waals surface area contributed by atoms with Crippen LogP contribution in [0.2, 0.25) is 0 Å². The molecular weight excluding hydrogens is 885 g/mol. The van der Waals surface area contributed by atoms with Gasteiger partial charge in [0.25, 0.3) is 0 Å². The van der Waals surface area contributed by atoms with E-state index in [0.29, 0.717) is 34.9 Å². The van der Waals surface area contributed by atoms with E-state index >= 15 is 0 Å². The minimum Gasteiger partial charge on any atom is -0.207 e. The summed E-state index contributed by atoms with van der Waals surface area (Å²) >= 11 is 6.54. The van der Waals surface area contributed by atoms with Gasteiger partial charge in [0.15, 0.2) is 34.9 Å². The first kappa shape index (κ1) is 38.8. The SMILES string of the molecule is c1csc(-c2nc(-c3cccs3)nc(-c3c4ccccc4c(-c4ccccc4-c4c5ccccc5c(-c5nc(-c6cccs6)nc(-c6cccs6)n5)c5ccccc45)c4ccccc34)n2)c1. The lowest BCUT2D eigenvalue weighted by atomic mass is 9.82. The first-order chi connectivity index (χ1) is 32.7. The molecule has 0 bridgehead atoms. The van der Waals surface area contributed by atoms with Crippen molar-refractivity contribution in [1.29, 1.82) is 0 Å². The van der Waals surface area contributed by atoms with Gasteiger partial charge in [-0.15, -0.1) is 45.3 Å². The van der Waals surface area contributed by atoms with Crippen LogP contribution in [0.4, 0.5) is 0 Å². The maximum Gasteiger partial charge on any atom is 0.174 e. The molecule has 7 aromatic carbocycles. The van der Waals surface area contributed by atoms with Crippen LogP contribution in [0.1, 0.15) is 0 Å². The Hall–Kier alpha value is -7.60. The van der Waals surface area contributed by atoms with Gasteiger partial charge in [-0.05, 0) is 111 Å². The van der Waals surface area contributed by atoms with Crippen molar-refractivity contribution >= 4 is 88.4 Å². The van der Waals surface area contributed by atoms with E-state index in [1.54, 1.807) is 45.3 Å². The minimum atomic E-state index is 0.652. The van der Waals surface area contributed by atoms with Gasteiger partial charge in [0.2, 0.25) is 0 Å². The van der Waals surface area contributed by atoms with Gasteiger partial charge in [-0.2, -0.15) is 0 Å². The molecule has 0 saturated carbocycles. The third-order valence-corrected chi connectivity index (χ3v) is 15.5. The summed E-state index contributed by atoms with van der Waals surface area (Å²) < 4.78 is 0. The predicted octanol–water partition coefficient (Wildman–Crippen LogP) is 16.3. The number of hydrogen-bond donors (Lipinski definition) is 0. The van der Waals surface area contributed by atoms with E-state index in [-0.39, 0.29) is 0 Å². The number of thiophene rings is 4. The quantitative estimate of drug-likeness (QED) is 0.141. The molecule has 10 heteroatoms. The van der Waals surface area contributed by atoms with Crippen LogP contribution < -0.4 is 0 Å². The molecule has 0 fully saturated rings. The van der Waals surface area contributed by atoms with Crippen molar-refractivity contribution in [2.75, 3.05) is 0 Å². The van der Waals surface area contributed by atoms with Gasteiger partial charge < -0.3 is 0 Å². The molecule has 0 N–H and O–H groups in total. The first-order valence-corrected chi connectivity index (χ1v) is 24.9. The molecule has 6 aromatic heterocycles. The van der Waals surface area contributed by atoms with Crippen molar-refractivity contribution in [1.82, 2.24) is 29.9 Å². The maximum atomic E-state index is 5.24. The fourth-order valence-electron chi connectivity index (χ4n) is 9.28. The average Bonchev–Trinajstić information content (AvgIpc) is 4.24. The molecule has 0 atom stereocenters. The van der Waals surface area contributed by atoms with Gasteiger partial charge >= 0.3 is 0 Å².